The van der Waals surface area contributed by atoms with E-state index in [1.54, 1.807) is 12.1 Å². The van der Waals surface area contributed by atoms with E-state index in [4.69, 9.17) is 10.5 Å². The number of hydrogen-bond donors (Lipinski definition) is 2. The fourth-order valence-electron chi connectivity index (χ4n) is 1.30. The summed E-state index contributed by atoms with van der Waals surface area (Å²) < 4.78 is 53.9. The molecule has 1 rings (SSSR count). The highest BCUT2D eigenvalue weighted by molar-refractivity contribution is 5.51. The number of hydrogen-bond acceptors (Lipinski definition) is 3. The zero-order valence-electron chi connectivity index (χ0n) is 9.72. The number of nitrogens with one attached hydrogen (secondary N) is 1. The van der Waals surface area contributed by atoms with Crippen LogP contribution in [0.5, 0.6) is 5.75 Å². The van der Waals surface area contributed by atoms with Crippen molar-refractivity contribution < 1.29 is 22.3 Å². The third-order valence-corrected chi connectivity index (χ3v) is 2.35. The van der Waals surface area contributed by atoms with Crippen molar-refractivity contribution in [2.45, 2.75) is 18.9 Å². The van der Waals surface area contributed by atoms with E-state index in [2.05, 4.69) is 5.32 Å². The molecule has 0 heterocycles. The van der Waals surface area contributed by atoms with Gasteiger partial charge in [0.25, 0.3) is 0 Å². The molecular formula is C11H14F4N2O. The van der Waals surface area contributed by atoms with Gasteiger partial charge in [0.05, 0.1) is 13.7 Å². The molecule has 0 saturated heterocycles. The van der Waals surface area contributed by atoms with E-state index in [0.29, 0.717) is 17.0 Å². The molecule has 1 aromatic carbocycles. The van der Waals surface area contributed by atoms with Gasteiger partial charge in [0, 0.05) is 18.3 Å². The van der Waals surface area contributed by atoms with Crippen LogP contribution in [-0.2, 0) is 6.54 Å². The summed E-state index contributed by atoms with van der Waals surface area (Å²) in [5.74, 6) is -3.50. The van der Waals surface area contributed by atoms with Gasteiger partial charge in [-0.1, -0.05) is 6.07 Å². The Morgan fingerprint density at radius 2 is 2.06 bits per heavy atom. The van der Waals surface area contributed by atoms with Gasteiger partial charge in [-0.3, -0.25) is 0 Å². The summed E-state index contributed by atoms with van der Waals surface area (Å²) in [6, 6.07) is 4.72. The smallest absolute Gasteiger partial charge is 0.319 e. The summed E-state index contributed by atoms with van der Waals surface area (Å²) in [6.45, 7) is -1.12. The first kappa shape index (κ1) is 14.6. The van der Waals surface area contributed by atoms with Crippen molar-refractivity contribution in [1.82, 2.24) is 5.32 Å². The lowest BCUT2D eigenvalue weighted by Gasteiger charge is -2.16. The number of anilines is 1. The number of nitrogens with two attached hydrogens (primary N) is 1. The minimum Gasteiger partial charge on any atom is -0.497 e. The van der Waals surface area contributed by atoms with Crippen LogP contribution in [0.15, 0.2) is 18.2 Å². The lowest BCUT2D eigenvalue weighted by molar-refractivity contribution is -0.125. The maximum Gasteiger partial charge on any atom is 0.319 e. The monoisotopic (exact) mass is 266 g/mol. The van der Waals surface area contributed by atoms with E-state index in [-0.39, 0.29) is 6.54 Å². The van der Waals surface area contributed by atoms with Gasteiger partial charge >= 0.3 is 12.3 Å². The van der Waals surface area contributed by atoms with Crippen LogP contribution in [0.25, 0.3) is 0 Å². The van der Waals surface area contributed by atoms with Gasteiger partial charge in [0.2, 0.25) is 0 Å². The summed E-state index contributed by atoms with van der Waals surface area (Å²) in [5.41, 5.74) is 6.54. The molecule has 0 spiro atoms. The third-order valence-electron chi connectivity index (χ3n) is 2.35. The Hall–Kier alpha value is -1.50. The molecular weight excluding hydrogens is 252 g/mol. The van der Waals surface area contributed by atoms with Crippen LogP contribution in [0.1, 0.15) is 5.56 Å². The van der Waals surface area contributed by atoms with Crippen LogP contribution < -0.4 is 15.8 Å². The fourth-order valence-corrected chi connectivity index (χ4v) is 1.30. The maximum absolute atomic E-state index is 12.6. The zero-order chi connectivity index (χ0) is 13.8. The summed E-state index contributed by atoms with van der Waals surface area (Å²) in [6.07, 6.45) is -3.68. The number of rotatable bonds is 6. The molecule has 0 radical (unpaired) electrons. The Labute approximate surface area is 102 Å². The van der Waals surface area contributed by atoms with Crippen molar-refractivity contribution in [1.29, 1.82) is 0 Å². The number of halogens is 4. The third kappa shape index (κ3) is 3.76. The topological polar surface area (TPSA) is 47.3 Å². The predicted octanol–water partition coefficient (Wildman–Crippen LogP) is 2.27. The molecule has 18 heavy (non-hydrogen) atoms. The van der Waals surface area contributed by atoms with E-state index in [0.717, 1.165) is 0 Å². The minimum absolute atomic E-state index is 0.0157. The lowest BCUT2D eigenvalue weighted by atomic mass is 10.1. The molecule has 3 nitrogen and oxygen atoms in total. The number of nitrogen functional groups attached to an aromatic ring is 1. The number of benzene rings is 1. The molecule has 0 atom stereocenters. The summed E-state index contributed by atoms with van der Waals surface area (Å²) >= 11 is 0. The van der Waals surface area contributed by atoms with Crippen LogP contribution in [0, 0.1) is 0 Å². The molecule has 0 unspecified atom stereocenters. The Bertz CT molecular complexity index is 399. The Morgan fingerprint density at radius 1 is 1.39 bits per heavy atom. The SMILES string of the molecule is COc1ccc(CNCC(F)(F)C(F)F)c(N)c1. The summed E-state index contributed by atoms with van der Waals surface area (Å²) in [4.78, 5) is 0. The molecule has 0 fully saturated rings. The van der Waals surface area contributed by atoms with Crippen LogP contribution >= 0.6 is 0 Å². The standard InChI is InChI=1S/C11H14F4N2O/c1-18-8-3-2-7(9(16)4-8)5-17-6-11(14,15)10(12)13/h2-4,10,17H,5-6,16H2,1H3. The van der Waals surface area contributed by atoms with Crippen molar-refractivity contribution in [3.8, 4) is 5.75 Å². The van der Waals surface area contributed by atoms with E-state index in [1.165, 1.54) is 13.2 Å². The van der Waals surface area contributed by atoms with Crippen molar-refractivity contribution in [3.05, 3.63) is 23.8 Å². The van der Waals surface area contributed by atoms with Crippen LogP contribution in [0.3, 0.4) is 0 Å². The quantitative estimate of drug-likeness (QED) is 0.613. The molecule has 0 aliphatic rings. The first-order valence-electron chi connectivity index (χ1n) is 5.16. The second-order valence-corrected chi connectivity index (χ2v) is 3.73. The summed E-state index contributed by atoms with van der Waals surface area (Å²) in [7, 11) is 1.47. The van der Waals surface area contributed by atoms with Crippen molar-refractivity contribution in [3.63, 3.8) is 0 Å². The summed E-state index contributed by atoms with van der Waals surface area (Å²) in [5, 5.41) is 2.25. The predicted molar refractivity (Wildman–Crippen MR) is 60.1 cm³/mol. The van der Waals surface area contributed by atoms with Gasteiger partial charge in [0.1, 0.15) is 5.75 Å². The highest BCUT2D eigenvalue weighted by atomic mass is 19.3. The highest BCUT2D eigenvalue weighted by Crippen LogP contribution is 2.23. The zero-order valence-corrected chi connectivity index (χ0v) is 9.72. The first-order valence-corrected chi connectivity index (χ1v) is 5.16. The molecule has 3 N–H and O–H groups in total. The average Bonchev–Trinajstić information content (AvgIpc) is 2.30. The second-order valence-electron chi connectivity index (χ2n) is 3.73. The van der Waals surface area contributed by atoms with Gasteiger partial charge in [-0.2, -0.15) is 8.78 Å². The first-order chi connectivity index (χ1) is 8.36. The normalized spacial score (nSPS) is 11.9. The molecule has 7 heteroatoms. The van der Waals surface area contributed by atoms with Gasteiger partial charge in [0.15, 0.2) is 0 Å². The van der Waals surface area contributed by atoms with Crippen molar-refractivity contribution >= 4 is 5.69 Å². The van der Waals surface area contributed by atoms with E-state index >= 15 is 0 Å². The minimum atomic E-state index is -4.04. The molecule has 0 aromatic heterocycles. The molecule has 0 bridgehead atoms. The molecule has 0 amide bonds. The van der Waals surface area contributed by atoms with E-state index in [9.17, 15) is 17.6 Å². The van der Waals surface area contributed by atoms with Crippen LogP contribution in [0.4, 0.5) is 23.2 Å². The largest absolute Gasteiger partial charge is 0.497 e. The Kier molecular flexibility index (Phi) is 4.77. The van der Waals surface area contributed by atoms with Crippen molar-refractivity contribution in [2.24, 2.45) is 0 Å². The lowest BCUT2D eigenvalue weighted by Crippen LogP contribution is -2.38. The molecule has 0 aliphatic carbocycles. The van der Waals surface area contributed by atoms with Gasteiger partial charge in [-0.15, -0.1) is 0 Å². The van der Waals surface area contributed by atoms with Crippen molar-refractivity contribution in [2.75, 3.05) is 19.4 Å². The number of alkyl halides is 4. The van der Waals surface area contributed by atoms with Crippen LogP contribution in [0.2, 0.25) is 0 Å². The van der Waals surface area contributed by atoms with Gasteiger partial charge < -0.3 is 15.8 Å². The molecule has 0 saturated carbocycles. The van der Waals surface area contributed by atoms with Gasteiger partial charge in [-0.05, 0) is 11.6 Å². The fraction of sp³-hybridized carbons (Fsp3) is 0.455. The van der Waals surface area contributed by atoms with E-state index < -0.39 is 18.9 Å². The Morgan fingerprint density at radius 3 is 2.56 bits per heavy atom. The number of methoxy groups -OCH3 is 1. The van der Waals surface area contributed by atoms with Gasteiger partial charge in [-0.25, -0.2) is 8.78 Å². The highest BCUT2D eigenvalue weighted by Gasteiger charge is 2.39. The Balaban J connectivity index is 2.54. The molecule has 102 valence electrons. The average molecular weight is 266 g/mol. The molecule has 0 aliphatic heterocycles. The maximum atomic E-state index is 12.6. The number of ether oxygens (including phenoxy) is 1. The molecule has 1 aromatic rings. The second kappa shape index (κ2) is 5.90. The van der Waals surface area contributed by atoms with Crippen LogP contribution in [-0.4, -0.2) is 26.0 Å². The van der Waals surface area contributed by atoms with E-state index in [1.807, 2.05) is 0 Å².